The minimum Gasteiger partial charge on any atom is -0.361 e. The summed E-state index contributed by atoms with van der Waals surface area (Å²) in [5, 5.41) is 7.06. The highest BCUT2D eigenvalue weighted by Gasteiger charge is 2.18. The predicted octanol–water partition coefficient (Wildman–Crippen LogP) is 3.96. The van der Waals surface area contributed by atoms with Gasteiger partial charge in [-0.25, -0.2) is 0 Å². The zero-order chi connectivity index (χ0) is 13.3. The number of aryl methyl sites for hydroxylation is 2. The third-order valence-electron chi connectivity index (χ3n) is 2.44. The highest BCUT2D eigenvalue weighted by molar-refractivity contribution is 9.10. The second-order valence-corrected chi connectivity index (χ2v) is 5.07. The molecule has 2 rings (SSSR count). The van der Waals surface area contributed by atoms with Gasteiger partial charge in [-0.2, -0.15) is 0 Å². The molecule has 0 atom stereocenters. The largest absolute Gasteiger partial charge is 0.361 e. The molecule has 0 unspecified atom stereocenters. The van der Waals surface area contributed by atoms with Crippen molar-refractivity contribution in [3.8, 4) is 0 Å². The van der Waals surface area contributed by atoms with Crippen LogP contribution in [0.15, 0.2) is 27.2 Å². The summed E-state index contributed by atoms with van der Waals surface area (Å²) in [4.78, 5) is 12.1. The second-order valence-electron chi connectivity index (χ2n) is 3.78. The van der Waals surface area contributed by atoms with Crippen molar-refractivity contribution in [3.63, 3.8) is 0 Å². The zero-order valence-corrected chi connectivity index (χ0v) is 12.1. The summed E-state index contributed by atoms with van der Waals surface area (Å²) in [6.45, 7) is 3.42. The van der Waals surface area contributed by atoms with Crippen LogP contribution in [0.2, 0.25) is 5.02 Å². The number of rotatable bonds is 2. The predicted molar refractivity (Wildman–Crippen MR) is 73.1 cm³/mol. The Hall–Kier alpha value is -1.33. The minimum atomic E-state index is -0.269. The number of aromatic nitrogens is 1. The lowest BCUT2D eigenvalue weighted by Crippen LogP contribution is -2.13. The topological polar surface area (TPSA) is 55.1 Å². The van der Waals surface area contributed by atoms with Gasteiger partial charge in [-0.1, -0.05) is 16.8 Å². The van der Waals surface area contributed by atoms with E-state index >= 15 is 0 Å². The average molecular weight is 330 g/mol. The first kappa shape index (κ1) is 13.1. The summed E-state index contributed by atoms with van der Waals surface area (Å²) in [5.74, 6) is 0.220. The van der Waals surface area contributed by atoms with Crippen LogP contribution in [0, 0.1) is 13.8 Å². The van der Waals surface area contributed by atoms with Crippen LogP contribution in [0.1, 0.15) is 21.8 Å². The Morgan fingerprint density at radius 3 is 2.78 bits per heavy atom. The summed E-state index contributed by atoms with van der Waals surface area (Å²) in [6.07, 6.45) is 0. The van der Waals surface area contributed by atoms with Crippen LogP contribution in [0.5, 0.6) is 0 Å². The molecular weight excluding hydrogens is 320 g/mol. The number of benzene rings is 1. The lowest BCUT2D eigenvalue weighted by molar-refractivity contribution is 0.102. The molecule has 0 radical (unpaired) electrons. The second kappa shape index (κ2) is 5.12. The fraction of sp³-hybridized carbons (Fsp3) is 0.167. The van der Waals surface area contributed by atoms with Crippen molar-refractivity contribution in [1.82, 2.24) is 5.16 Å². The summed E-state index contributed by atoms with van der Waals surface area (Å²) < 4.78 is 5.72. The molecule has 0 saturated heterocycles. The molecule has 1 aromatic carbocycles. The molecule has 0 saturated carbocycles. The molecule has 0 fully saturated rings. The Labute approximate surface area is 117 Å². The quantitative estimate of drug-likeness (QED) is 0.907. The zero-order valence-electron chi connectivity index (χ0n) is 9.75. The van der Waals surface area contributed by atoms with Gasteiger partial charge in [0, 0.05) is 9.50 Å². The fourth-order valence-corrected chi connectivity index (χ4v) is 2.10. The van der Waals surface area contributed by atoms with Gasteiger partial charge in [0.2, 0.25) is 0 Å². The lowest BCUT2D eigenvalue weighted by Gasteiger charge is -2.07. The van der Waals surface area contributed by atoms with Gasteiger partial charge < -0.3 is 9.84 Å². The van der Waals surface area contributed by atoms with Gasteiger partial charge in [0.25, 0.3) is 5.91 Å². The SMILES string of the molecule is Cc1noc(C)c1C(=O)Nc1cc(Cl)ccc1Br. The average Bonchev–Trinajstić information content (AvgIpc) is 2.63. The van der Waals surface area contributed by atoms with Crippen LogP contribution in [-0.4, -0.2) is 11.1 Å². The molecule has 1 aromatic heterocycles. The molecule has 1 amide bonds. The Balaban J connectivity index is 2.30. The molecule has 0 aliphatic heterocycles. The van der Waals surface area contributed by atoms with E-state index in [1.165, 1.54) is 0 Å². The molecule has 0 aliphatic rings. The van der Waals surface area contributed by atoms with Crippen LogP contribution in [0.3, 0.4) is 0 Å². The minimum absolute atomic E-state index is 0.269. The van der Waals surface area contributed by atoms with Crippen LogP contribution in [0.4, 0.5) is 5.69 Å². The maximum absolute atomic E-state index is 12.1. The number of hydrogen-bond acceptors (Lipinski definition) is 3. The van der Waals surface area contributed by atoms with E-state index in [-0.39, 0.29) is 5.91 Å². The van der Waals surface area contributed by atoms with E-state index < -0.39 is 0 Å². The van der Waals surface area contributed by atoms with Gasteiger partial charge in [-0.15, -0.1) is 0 Å². The van der Waals surface area contributed by atoms with E-state index in [1.54, 1.807) is 32.0 Å². The van der Waals surface area contributed by atoms with Crippen molar-refractivity contribution in [1.29, 1.82) is 0 Å². The van der Waals surface area contributed by atoms with Crippen molar-refractivity contribution in [2.45, 2.75) is 13.8 Å². The Morgan fingerprint density at radius 2 is 2.17 bits per heavy atom. The highest BCUT2D eigenvalue weighted by Crippen LogP contribution is 2.27. The molecule has 1 N–H and O–H groups in total. The third kappa shape index (κ3) is 2.57. The van der Waals surface area contributed by atoms with E-state index in [9.17, 15) is 4.79 Å². The first-order valence-electron chi connectivity index (χ1n) is 5.18. The number of nitrogens with zero attached hydrogens (tertiary/aromatic N) is 1. The normalized spacial score (nSPS) is 10.4. The number of nitrogens with one attached hydrogen (secondary N) is 1. The summed E-state index contributed by atoms with van der Waals surface area (Å²) in [5.41, 5.74) is 1.61. The lowest BCUT2D eigenvalue weighted by atomic mass is 10.2. The van der Waals surface area contributed by atoms with Gasteiger partial charge >= 0.3 is 0 Å². The number of amides is 1. The van der Waals surface area contributed by atoms with Crippen LogP contribution in [0.25, 0.3) is 0 Å². The molecule has 0 aliphatic carbocycles. The molecular formula is C12H10BrClN2O2. The third-order valence-corrected chi connectivity index (χ3v) is 3.36. The number of carbonyl (C=O) groups excluding carboxylic acids is 1. The van der Waals surface area contributed by atoms with Crippen LogP contribution < -0.4 is 5.32 Å². The molecule has 6 heteroatoms. The molecule has 0 spiro atoms. The Bertz CT molecular complexity index is 591. The summed E-state index contributed by atoms with van der Waals surface area (Å²) in [6, 6.07) is 5.17. The number of hydrogen-bond donors (Lipinski definition) is 1. The van der Waals surface area contributed by atoms with Crippen LogP contribution >= 0.6 is 27.5 Å². The summed E-state index contributed by atoms with van der Waals surface area (Å²) in [7, 11) is 0. The number of halogens is 2. The van der Waals surface area contributed by atoms with Crippen molar-refractivity contribution in [2.75, 3.05) is 5.32 Å². The van der Waals surface area contributed by atoms with Crippen molar-refractivity contribution < 1.29 is 9.32 Å². The van der Waals surface area contributed by atoms with E-state index in [0.717, 1.165) is 4.47 Å². The first-order valence-corrected chi connectivity index (χ1v) is 6.35. The van der Waals surface area contributed by atoms with E-state index in [2.05, 4.69) is 26.4 Å². The molecule has 18 heavy (non-hydrogen) atoms. The van der Waals surface area contributed by atoms with Crippen molar-refractivity contribution >= 4 is 39.1 Å². The van der Waals surface area contributed by atoms with E-state index in [0.29, 0.717) is 27.7 Å². The van der Waals surface area contributed by atoms with Crippen molar-refractivity contribution in [3.05, 3.63) is 44.7 Å². The van der Waals surface area contributed by atoms with Gasteiger partial charge in [0.05, 0.1) is 11.4 Å². The van der Waals surface area contributed by atoms with E-state index in [4.69, 9.17) is 16.1 Å². The molecule has 2 aromatic rings. The van der Waals surface area contributed by atoms with Gasteiger partial charge in [0.15, 0.2) is 0 Å². The number of carbonyl (C=O) groups is 1. The molecule has 4 nitrogen and oxygen atoms in total. The first-order chi connectivity index (χ1) is 8.49. The maximum Gasteiger partial charge on any atom is 0.261 e. The van der Waals surface area contributed by atoms with Gasteiger partial charge in [-0.3, -0.25) is 4.79 Å². The highest BCUT2D eigenvalue weighted by atomic mass is 79.9. The van der Waals surface area contributed by atoms with Crippen molar-refractivity contribution in [2.24, 2.45) is 0 Å². The smallest absolute Gasteiger partial charge is 0.261 e. The molecule has 94 valence electrons. The van der Waals surface area contributed by atoms with Crippen LogP contribution in [-0.2, 0) is 0 Å². The van der Waals surface area contributed by atoms with E-state index in [1.807, 2.05) is 0 Å². The van der Waals surface area contributed by atoms with Gasteiger partial charge in [0.1, 0.15) is 11.3 Å². The fourth-order valence-electron chi connectivity index (χ4n) is 1.59. The maximum atomic E-state index is 12.1. The number of anilines is 1. The monoisotopic (exact) mass is 328 g/mol. The Morgan fingerprint density at radius 1 is 1.44 bits per heavy atom. The summed E-state index contributed by atoms with van der Waals surface area (Å²) >= 11 is 9.23. The molecule has 0 bridgehead atoms. The van der Waals surface area contributed by atoms with Gasteiger partial charge in [-0.05, 0) is 48.0 Å². The molecule has 1 heterocycles. The standard InChI is InChI=1S/C12H10BrClN2O2/c1-6-11(7(2)18-16-6)12(17)15-10-5-8(14)3-4-9(10)13/h3-5H,1-2H3,(H,15,17). The Kier molecular flexibility index (Phi) is 3.73.